The number of esters is 1. The maximum Gasteiger partial charge on any atom is 0.341 e. The van der Waals surface area contributed by atoms with Gasteiger partial charge in [0, 0.05) is 11.8 Å². The largest absolute Gasteiger partial charge is 0.465 e. The predicted molar refractivity (Wildman–Crippen MR) is 108 cm³/mol. The van der Waals surface area contributed by atoms with E-state index in [9.17, 15) is 9.59 Å². The van der Waals surface area contributed by atoms with Gasteiger partial charge >= 0.3 is 5.97 Å². The molecule has 0 unspecified atom stereocenters. The summed E-state index contributed by atoms with van der Waals surface area (Å²) in [4.78, 5) is 23.6. The van der Waals surface area contributed by atoms with Crippen LogP contribution in [0.2, 0.25) is 0 Å². The van der Waals surface area contributed by atoms with Crippen LogP contribution < -0.4 is 5.32 Å². The number of methoxy groups -OCH3 is 1. The minimum Gasteiger partial charge on any atom is -0.465 e. The normalized spacial score (nSPS) is 10.9. The fraction of sp³-hybridized carbons (Fsp3) is 0.158. The van der Waals surface area contributed by atoms with Crippen molar-refractivity contribution in [1.82, 2.24) is 10.2 Å². The Bertz CT molecular complexity index is 996. The highest BCUT2D eigenvalue weighted by Gasteiger charge is 2.14. The summed E-state index contributed by atoms with van der Waals surface area (Å²) in [6.07, 6.45) is 2.78. The molecule has 0 saturated heterocycles. The zero-order valence-electron chi connectivity index (χ0n) is 15.2. The number of aryl methyl sites for hydroxylation is 1. The number of furan rings is 1. The summed E-state index contributed by atoms with van der Waals surface area (Å²) in [5, 5.41) is 11.1. The van der Waals surface area contributed by atoms with Gasteiger partial charge in [-0.15, -0.1) is 10.2 Å². The van der Waals surface area contributed by atoms with Crippen molar-refractivity contribution in [2.75, 3.05) is 12.4 Å². The first kappa shape index (κ1) is 19.8. The van der Waals surface area contributed by atoms with Crippen molar-refractivity contribution in [1.29, 1.82) is 0 Å². The molecule has 2 heterocycles. The lowest BCUT2D eigenvalue weighted by molar-refractivity contribution is -0.111. The Kier molecular flexibility index (Phi) is 6.62. The van der Waals surface area contributed by atoms with Crippen LogP contribution in [0.5, 0.6) is 0 Å². The van der Waals surface area contributed by atoms with E-state index in [1.165, 1.54) is 42.2 Å². The van der Waals surface area contributed by atoms with E-state index in [0.717, 1.165) is 10.1 Å². The molecule has 0 aliphatic heterocycles. The Morgan fingerprint density at radius 3 is 2.82 bits per heavy atom. The SMILES string of the molecule is COC(=O)c1cc(/C=C/C(=O)Nc2nnc(SCc3ccccc3)s2)oc1C. The van der Waals surface area contributed by atoms with Gasteiger partial charge in [-0.05, 0) is 24.6 Å². The number of rotatable bonds is 7. The molecule has 0 fully saturated rings. The summed E-state index contributed by atoms with van der Waals surface area (Å²) in [7, 11) is 1.30. The second-order valence-electron chi connectivity index (χ2n) is 5.58. The number of aromatic nitrogens is 2. The van der Waals surface area contributed by atoms with Crippen molar-refractivity contribution in [3.8, 4) is 0 Å². The highest BCUT2D eigenvalue weighted by molar-refractivity contribution is 8.00. The van der Waals surface area contributed by atoms with Crippen LogP contribution in [0.15, 0.2) is 51.2 Å². The molecule has 1 amide bonds. The molecule has 9 heteroatoms. The van der Waals surface area contributed by atoms with Crippen molar-refractivity contribution in [3.05, 3.63) is 65.1 Å². The Morgan fingerprint density at radius 1 is 1.29 bits per heavy atom. The summed E-state index contributed by atoms with van der Waals surface area (Å²) in [6.45, 7) is 1.65. The third kappa shape index (κ3) is 5.30. The van der Waals surface area contributed by atoms with E-state index < -0.39 is 5.97 Å². The van der Waals surface area contributed by atoms with E-state index in [0.29, 0.717) is 22.2 Å². The summed E-state index contributed by atoms with van der Waals surface area (Å²) < 4.78 is 10.9. The fourth-order valence-electron chi connectivity index (χ4n) is 2.24. The number of thioether (sulfide) groups is 1. The molecule has 7 nitrogen and oxygen atoms in total. The van der Waals surface area contributed by atoms with E-state index in [1.807, 2.05) is 30.3 Å². The van der Waals surface area contributed by atoms with Crippen molar-refractivity contribution in [2.45, 2.75) is 17.0 Å². The number of benzene rings is 1. The number of anilines is 1. The van der Waals surface area contributed by atoms with E-state index in [-0.39, 0.29) is 5.91 Å². The monoisotopic (exact) mass is 415 g/mol. The van der Waals surface area contributed by atoms with Gasteiger partial charge in [0.2, 0.25) is 11.0 Å². The van der Waals surface area contributed by atoms with Crippen LogP contribution in [-0.2, 0) is 15.3 Å². The number of ether oxygens (including phenoxy) is 1. The molecule has 0 atom stereocenters. The molecule has 3 aromatic rings. The van der Waals surface area contributed by atoms with Crippen molar-refractivity contribution in [3.63, 3.8) is 0 Å². The van der Waals surface area contributed by atoms with Crippen molar-refractivity contribution < 1.29 is 18.7 Å². The smallest absolute Gasteiger partial charge is 0.341 e. The minimum atomic E-state index is -0.486. The summed E-state index contributed by atoms with van der Waals surface area (Å²) in [5.41, 5.74) is 1.52. The van der Waals surface area contributed by atoms with Crippen LogP contribution >= 0.6 is 23.1 Å². The van der Waals surface area contributed by atoms with Crippen LogP contribution in [0.1, 0.15) is 27.4 Å². The topological polar surface area (TPSA) is 94.3 Å². The molecular formula is C19H17N3O4S2. The van der Waals surface area contributed by atoms with E-state index >= 15 is 0 Å². The molecule has 1 N–H and O–H groups in total. The zero-order valence-corrected chi connectivity index (χ0v) is 16.8. The van der Waals surface area contributed by atoms with Gasteiger partial charge in [-0.2, -0.15) is 0 Å². The summed E-state index contributed by atoms with van der Waals surface area (Å²) in [5.74, 6) is 0.730. The first-order chi connectivity index (χ1) is 13.5. The number of carbonyl (C=O) groups excluding carboxylic acids is 2. The first-order valence-corrected chi connectivity index (χ1v) is 10.0. The maximum atomic E-state index is 12.1. The van der Waals surface area contributed by atoms with Crippen LogP contribution in [0.4, 0.5) is 5.13 Å². The average Bonchev–Trinajstić information content (AvgIpc) is 3.31. The van der Waals surface area contributed by atoms with Crippen molar-refractivity contribution >= 4 is 46.2 Å². The fourth-order valence-corrected chi connectivity index (χ4v) is 3.95. The Morgan fingerprint density at radius 2 is 2.07 bits per heavy atom. The molecule has 0 bridgehead atoms. The van der Waals surface area contributed by atoms with Gasteiger partial charge in [0.1, 0.15) is 17.1 Å². The summed E-state index contributed by atoms with van der Waals surface area (Å²) >= 11 is 2.86. The molecular weight excluding hydrogens is 398 g/mol. The Balaban J connectivity index is 1.54. The van der Waals surface area contributed by atoms with Crippen molar-refractivity contribution in [2.24, 2.45) is 0 Å². The van der Waals surface area contributed by atoms with Gasteiger partial charge in [0.05, 0.1) is 7.11 Å². The average molecular weight is 415 g/mol. The van der Waals surface area contributed by atoms with Gasteiger partial charge in [-0.3, -0.25) is 10.1 Å². The number of hydrogen-bond donors (Lipinski definition) is 1. The minimum absolute atomic E-state index is 0.326. The summed E-state index contributed by atoms with van der Waals surface area (Å²) in [6, 6.07) is 11.6. The highest BCUT2D eigenvalue weighted by Crippen LogP contribution is 2.28. The number of nitrogens with zero attached hydrogens (tertiary/aromatic N) is 2. The van der Waals surface area contributed by atoms with Crippen LogP contribution in [0.3, 0.4) is 0 Å². The zero-order chi connectivity index (χ0) is 19.9. The molecule has 0 aliphatic rings. The standard InChI is InChI=1S/C19H17N3O4S2/c1-12-15(17(24)25-2)10-14(26-12)8-9-16(23)20-18-21-22-19(28-18)27-11-13-6-4-3-5-7-13/h3-10H,11H2,1-2H3,(H,20,21,23)/b9-8+. The van der Waals surface area contributed by atoms with E-state index in [4.69, 9.17) is 4.42 Å². The van der Waals surface area contributed by atoms with Gasteiger partial charge in [-0.1, -0.05) is 53.4 Å². The molecule has 0 spiro atoms. The van der Waals surface area contributed by atoms with E-state index in [1.54, 1.807) is 18.7 Å². The molecule has 144 valence electrons. The molecule has 28 heavy (non-hydrogen) atoms. The van der Waals surface area contributed by atoms with Gasteiger partial charge in [0.25, 0.3) is 0 Å². The Labute approximate surface area is 169 Å². The second kappa shape index (κ2) is 9.34. The van der Waals surface area contributed by atoms with Gasteiger partial charge in [-0.25, -0.2) is 4.79 Å². The molecule has 1 aromatic carbocycles. The lowest BCUT2D eigenvalue weighted by atomic mass is 10.2. The molecule has 0 saturated carbocycles. The van der Waals surface area contributed by atoms with E-state index in [2.05, 4.69) is 20.3 Å². The molecule has 3 rings (SSSR count). The predicted octanol–water partition coefficient (Wildman–Crippen LogP) is 4.17. The molecule has 2 aromatic heterocycles. The molecule has 0 aliphatic carbocycles. The first-order valence-electron chi connectivity index (χ1n) is 8.23. The second-order valence-corrected chi connectivity index (χ2v) is 7.78. The lowest BCUT2D eigenvalue weighted by Crippen LogP contribution is -2.07. The number of nitrogens with one attached hydrogen (secondary N) is 1. The van der Waals surface area contributed by atoms with Crippen LogP contribution in [-0.4, -0.2) is 29.2 Å². The van der Waals surface area contributed by atoms with Gasteiger partial charge < -0.3 is 9.15 Å². The highest BCUT2D eigenvalue weighted by atomic mass is 32.2. The van der Waals surface area contributed by atoms with Crippen LogP contribution in [0.25, 0.3) is 6.08 Å². The van der Waals surface area contributed by atoms with Crippen LogP contribution in [0, 0.1) is 6.92 Å². The number of hydrogen-bond acceptors (Lipinski definition) is 8. The van der Waals surface area contributed by atoms with Gasteiger partial charge in [0.15, 0.2) is 4.34 Å². The molecule has 0 radical (unpaired) electrons. The third-order valence-corrected chi connectivity index (χ3v) is 5.63. The maximum absolute atomic E-state index is 12.1. The number of carbonyl (C=O) groups is 2. The number of amides is 1. The Hall–Kier alpha value is -2.91. The lowest BCUT2D eigenvalue weighted by Gasteiger charge is -1.97. The quantitative estimate of drug-likeness (QED) is 0.268. The third-order valence-electron chi connectivity index (χ3n) is 3.58.